The molecule has 14 heavy (non-hydrogen) atoms. The van der Waals surface area contributed by atoms with Crippen molar-refractivity contribution in [3.05, 3.63) is 39.9 Å². The van der Waals surface area contributed by atoms with Crippen molar-refractivity contribution in [1.82, 2.24) is 5.32 Å². The third-order valence-electron chi connectivity index (χ3n) is 2.40. The number of nitrogens with zero attached hydrogens (tertiary/aromatic N) is 1. The van der Waals surface area contributed by atoms with E-state index in [4.69, 9.17) is 0 Å². The van der Waals surface area contributed by atoms with Gasteiger partial charge in [-0.2, -0.15) is 0 Å². The first-order valence-corrected chi connectivity index (χ1v) is 4.41. The summed E-state index contributed by atoms with van der Waals surface area (Å²) in [6, 6.07) is 6.67. The van der Waals surface area contributed by atoms with Gasteiger partial charge in [-0.1, -0.05) is 12.1 Å². The van der Waals surface area contributed by atoms with E-state index in [1.807, 2.05) is 27.0 Å². The van der Waals surface area contributed by atoms with Crippen molar-refractivity contribution in [2.24, 2.45) is 0 Å². The first-order valence-electron chi connectivity index (χ1n) is 4.41. The van der Waals surface area contributed by atoms with Gasteiger partial charge in [-0.3, -0.25) is 10.1 Å². The molecule has 0 radical (unpaired) electrons. The van der Waals surface area contributed by atoms with Crippen LogP contribution in [0.1, 0.15) is 19.4 Å². The molecule has 0 unspecified atom stereocenters. The summed E-state index contributed by atoms with van der Waals surface area (Å²) in [6.45, 7) is 3.96. The van der Waals surface area contributed by atoms with Crippen molar-refractivity contribution in [1.29, 1.82) is 0 Å². The monoisotopic (exact) mass is 194 g/mol. The summed E-state index contributed by atoms with van der Waals surface area (Å²) in [6.07, 6.45) is 0. The highest BCUT2D eigenvalue weighted by Crippen LogP contribution is 2.23. The van der Waals surface area contributed by atoms with E-state index in [0.29, 0.717) is 0 Å². The summed E-state index contributed by atoms with van der Waals surface area (Å²) in [5, 5.41) is 13.7. The number of non-ortho nitro benzene ring substituents is 1. The Bertz CT molecular complexity index is 348. The smallest absolute Gasteiger partial charge is 0.269 e. The summed E-state index contributed by atoms with van der Waals surface area (Å²) in [5.74, 6) is 0. The van der Waals surface area contributed by atoms with Gasteiger partial charge in [-0.25, -0.2) is 0 Å². The minimum absolute atomic E-state index is 0.130. The predicted octanol–water partition coefficient (Wildman–Crippen LogP) is 2.05. The van der Waals surface area contributed by atoms with Crippen LogP contribution in [0, 0.1) is 10.1 Å². The van der Waals surface area contributed by atoms with Crippen molar-refractivity contribution in [3.63, 3.8) is 0 Å². The molecule has 0 fully saturated rings. The van der Waals surface area contributed by atoms with Crippen molar-refractivity contribution < 1.29 is 4.92 Å². The number of hydrogen-bond donors (Lipinski definition) is 1. The van der Waals surface area contributed by atoms with Crippen molar-refractivity contribution in [2.45, 2.75) is 19.4 Å². The van der Waals surface area contributed by atoms with E-state index in [2.05, 4.69) is 5.32 Å². The van der Waals surface area contributed by atoms with E-state index < -0.39 is 0 Å². The van der Waals surface area contributed by atoms with E-state index in [1.165, 1.54) is 6.07 Å². The largest absolute Gasteiger partial charge is 0.311 e. The third-order valence-corrected chi connectivity index (χ3v) is 2.40. The molecule has 0 aliphatic heterocycles. The quantitative estimate of drug-likeness (QED) is 0.591. The SMILES string of the molecule is CNC(C)(C)c1cccc([N+](=O)[O-])c1. The Morgan fingerprint density at radius 3 is 2.57 bits per heavy atom. The van der Waals surface area contributed by atoms with Gasteiger partial charge in [0, 0.05) is 17.7 Å². The molecule has 0 atom stereocenters. The fourth-order valence-electron chi connectivity index (χ4n) is 1.15. The molecule has 0 aromatic heterocycles. The topological polar surface area (TPSA) is 55.2 Å². The predicted molar refractivity (Wildman–Crippen MR) is 55.2 cm³/mol. The number of nitro benzene ring substituents is 1. The second-order valence-electron chi connectivity index (χ2n) is 3.68. The maximum absolute atomic E-state index is 10.6. The molecule has 0 amide bonds. The fourth-order valence-corrected chi connectivity index (χ4v) is 1.15. The zero-order valence-electron chi connectivity index (χ0n) is 8.57. The number of nitrogens with one attached hydrogen (secondary N) is 1. The Labute approximate surface area is 83.1 Å². The normalized spacial score (nSPS) is 11.4. The van der Waals surface area contributed by atoms with Crippen molar-refractivity contribution >= 4 is 5.69 Å². The van der Waals surface area contributed by atoms with Crippen LogP contribution >= 0.6 is 0 Å². The zero-order chi connectivity index (χ0) is 10.8. The van der Waals surface area contributed by atoms with Crippen LogP contribution in [-0.4, -0.2) is 12.0 Å². The van der Waals surface area contributed by atoms with Crippen LogP contribution < -0.4 is 5.32 Å². The van der Waals surface area contributed by atoms with Gasteiger partial charge in [0.25, 0.3) is 5.69 Å². The van der Waals surface area contributed by atoms with E-state index >= 15 is 0 Å². The number of benzene rings is 1. The lowest BCUT2D eigenvalue weighted by Crippen LogP contribution is -2.33. The molecule has 0 aliphatic rings. The Morgan fingerprint density at radius 2 is 2.07 bits per heavy atom. The summed E-state index contributed by atoms with van der Waals surface area (Å²) in [5.41, 5.74) is 0.798. The molecule has 0 bridgehead atoms. The van der Waals surface area contributed by atoms with Crippen LogP contribution in [0.15, 0.2) is 24.3 Å². The molecule has 0 heterocycles. The zero-order valence-corrected chi connectivity index (χ0v) is 8.57. The molecular formula is C10H14N2O2. The molecule has 4 heteroatoms. The highest BCUT2D eigenvalue weighted by atomic mass is 16.6. The lowest BCUT2D eigenvalue weighted by Gasteiger charge is -2.24. The fraction of sp³-hybridized carbons (Fsp3) is 0.400. The van der Waals surface area contributed by atoms with Gasteiger partial charge < -0.3 is 5.32 Å². The second kappa shape index (κ2) is 3.75. The van der Waals surface area contributed by atoms with Gasteiger partial charge in [-0.15, -0.1) is 0 Å². The van der Waals surface area contributed by atoms with Gasteiger partial charge in [0.2, 0.25) is 0 Å². The molecule has 0 saturated carbocycles. The molecule has 76 valence electrons. The van der Waals surface area contributed by atoms with Crippen LogP contribution in [0.2, 0.25) is 0 Å². The summed E-state index contributed by atoms with van der Waals surface area (Å²) < 4.78 is 0. The van der Waals surface area contributed by atoms with Crippen LogP contribution in [0.5, 0.6) is 0 Å². The standard InChI is InChI=1S/C10H14N2O2/c1-10(2,11-3)8-5-4-6-9(7-8)12(13)14/h4-7,11H,1-3H3. The third kappa shape index (κ3) is 2.09. The number of nitro groups is 1. The molecule has 1 N–H and O–H groups in total. The average Bonchev–Trinajstić information content (AvgIpc) is 2.18. The minimum Gasteiger partial charge on any atom is -0.311 e. The molecular weight excluding hydrogens is 180 g/mol. The Kier molecular flexibility index (Phi) is 2.86. The summed E-state index contributed by atoms with van der Waals surface area (Å²) in [7, 11) is 1.83. The van der Waals surface area contributed by atoms with Crippen molar-refractivity contribution in [3.8, 4) is 0 Å². The second-order valence-corrected chi connectivity index (χ2v) is 3.68. The van der Waals surface area contributed by atoms with Gasteiger partial charge >= 0.3 is 0 Å². The van der Waals surface area contributed by atoms with Gasteiger partial charge in [0.05, 0.1) is 4.92 Å². The number of rotatable bonds is 3. The maximum atomic E-state index is 10.6. The van der Waals surface area contributed by atoms with E-state index in [9.17, 15) is 10.1 Å². The van der Waals surface area contributed by atoms with Gasteiger partial charge in [0.15, 0.2) is 0 Å². The molecule has 4 nitrogen and oxygen atoms in total. The molecule has 0 saturated heterocycles. The van der Waals surface area contributed by atoms with E-state index in [-0.39, 0.29) is 16.1 Å². The lowest BCUT2D eigenvalue weighted by molar-refractivity contribution is -0.385. The number of hydrogen-bond acceptors (Lipinski definition) is 3. The van der Waals surface area contributed by atoms with Gasteiger partial charge in [0.1, 0.15) is 0 Å². The molecule has 0 aliphatic carbocycles. The summed E-state index contributed by atoms with van der Waals surface area (Å²) in [4.78, 5) is 10.2. The molecule has 1 aromatic rings. The van der Waals surface area contributed by atoms with Crippen LogP contribution in [0.25, 0.3) is 0 Å². The Hall–Kier alpha value is -1.42. The van der Waals surface area contributed by atoms with Gasteiger partial charge in [-0.05, 0) is 26.5 Å². The average molecular weight is 194 g/mol. The molecule has 1 rings (SSSR count). The van der Waals surface area contributed by atoms with E-state index in [0.717, 1.165) is 5.56 Å². The van der Waals surface area contributed by atoms with Crippen LogP contribution in [0.4, 0.5) is 5.69 Å². The minimum atomic E-state index is -0.380. The first-order chi connectivity index (χ1) is 6.47. The highest BCUT2D eigenvalue weighted by molar-refractivity contribution is 5.37. The maximum Gasteiger partial charge on any atom is 0.269 e. The molecule has 0 spiro atoms. The Morgan fingerprint density at radius 1 is 1.43 bits per heavy atom. The van der Waals surface area contributed by atoms with E-state index in [1.54, 1.807) is 12.1 Å². The van der Waals surface area contributed by atoms with Crippen LogP contribution in [0.3, 0.4) is 0 Å². The van der Waals surface area contributed by atoms with Crippen molar-refractivity contribution in [2.75, 3.05) is 7.05 Å². The lowest BCUT2D eigenvalue weighted by atomic mass is 9.94. The summed E-state index contributed by atoms with van der Waals surface area (Å²) >= 11 is 0. The van der Waals surface area contributed by atoms with Crippen LogP contribution in [-0.2, 0) is 5.54 Å². The highest BCUT2D eigenvalue weighted by Gasteiger charge is 2.19. The Balaban J connectivity index is 3.12. The molecule has 1 aromatic carbocycles. The first kappa shape index (κ1) is 10.7.